The molecule has 1 aromatic heterocycles. The minimum atomic E-state index is -0.202. The molecule has 1 heterocycles. The van der Waals surface area contributed by atoms with Crippen LogP contribution < -0.4 is 5.32 Å². The molecular weight excluding hydrogens is 202 g/mol. The Labute approximate surface area is 86.5 Å². The van der Waals surface area contributed by atoms with Crippen LogP contribution in [0, 0.1) is 0 Å². The highest BCUT2D eigenvalue weighted by Gasteiger charge is 2.06. The molecule has 0 aliphatic heterocycles. The van der Waals surface area contributed by atoms with Crippen LogP contribution in [0.1, 0.15) is 18.4 Å². The summed E-state index contributed by atoms with van der Waals surface area (Å²) in [5, 5.41) is 11.9. The number of aromatic nitrogens is 2. The van der Waals surface area contributed by atoms with E-state index >= 15 is 0 Å². The number of amides is 1. The molecule has 1 N–H and O–H groups in total. The van der Waals surface area contributed by atoms with Gasteiger partial charge in [0.25, 0.3) is 5.91 Å². The number of aryl methyl sites for hydroxylation is 1. The second-order valence-corrected chi connectivity index (χ2v) is 3.79. The van der Waals surface area contributed by atoms with Gasteiger partial charge in [-0.3, -0.25) is 10.1 Å². The number of hydrogen-bond donors (Lipinski definition) is 1. The average Bonchev–Trinajstić information content (AvgIpc) is 2.53. The van der Waals surface area contributed by atoms with Crippen LogP contribution in [0.25, 0.3) is 0 Å². The molecule has 0 atom stereocenters. The van der Waals surface area contributed by atoms with Gasteiger partial charge < -0.3 is 4.74 Å². The van der Waals surface area contributed by atoms with Gasteiger partial charge in [0.15, 0.2) is 0 Å². The Morgan fingerprint density at radius 2 is 2.36 bits per heavy atom. The molecule has 14 heavy (non-hydrogen) atoms. The van der Waals surface area contributed by atoms with Crippen LogP contribution in [0.4, 0.5) is 5.13 Å². The van der Waals surface area contributed by atoms with Crippen LogP contribution in [0.5, 0.6) is 0 Å². The SMILES string of the molecule is CCCc1nnc(NC(=O)COC)s1. The first kappa shape index (κ1) is 11.1. The predicted molar refractivity (Wildman–Crippen MR) is 54.4 cm³/mol. The third-order valence-electron chi connectivity index (χ3n) is 1.45. The van der Waals surface area contributed by atoms with E-state index < -0.39 is 0 Å². The standard InChI is InChI=1S/C8H13N3O2S/c1-3-4-7-10-11-8(14-7)9-6(12)5-13-2/h3-5H2,1-2H3,(H,9,11,12). The molecule has 0 fully saturated rings. The molecule has 1 rings (SSSR count). The van der Waals surface area contributed by atoms with Gasteiger partial charge in [-0.2, -0.15) is 0 Å². The van der Waals surface area contributed by atoms with Crippen LogP contribution in [0.15, 0.2) is 0 Å². The molecule has 78 valence electrons. The van der Waals surface area contributed by atoms with Crippen LogP contribution in [0.3, 0.4) is 0 Å². The van der Waals surface area contributed by atoms with Crippen molar-refractivity contribution in [3.8, 4) is 0 Å². The maximum Gasteiger partial charge on any atom is 0.252 e. The summed E-state index contributed by atoms with van der Waals surface area (Å²) in [5.74, 6) is -0.202. The number of hydrogen-bond acceptors (Lipinski definition) is 5. The first-order valence-corrected chi connectivity index (χ1v) is 5.19. The first-order valence-electron chi connectivity index (χ1n) is 4.37. The van der Waals surface area contributed by atoms with E-state index in [1.165, 1.54) is 18.4 Å². The zero-order valence-corrected chi connectivity index (χ0v) is 9.06. The molecule has 0 aliphatic carbocycles. The lowest BCUT2D eigenvalue weighted by atomic mass is 10.4. The van der Waals surface area contributed by atoms with Crippen molar-refractivity contribution in [1.82, 2.24) is 10.2 Å². The Morgan fingerprint density at radius 1 is 1.57 bits per heavy atom. The fraction of sp³-hybridized carbons (Fsp3) is 0.625. The van der Waals surface area contributed by atoms with E-state index in [4.69, 9.17) is 0 Å². The topological polar surface area (TPSA) is 64.1 Å². The summed E-state index contributed by atoms with van der Waals surface area (Å²) in [4.78, 5) is 11.1. The van der Waals surface area contributed by atoms with E-state index in [0.717, 1.165) is 17.8 Å². The second-order valence-electron chi connectivity index (χ2n) is 2.73. The van der Waals surface area contributed by atoms with E-state index in [2.05, 4.69) is 27.2 Å². The second kappa shape index (κ2) is 5.66. The van der Waals surface area contributed by atoms with Crippen LogP contribution in [-0.2, 0) is 16.0 Å². The van der Waals surface area contributed by atoms with Crippen LogP contribution in [-0.4, -0.2) is 29.8 Å². The zero-order valence-electron chi connectivity index (χ0n) is 8.24. The minimum absolute atomic E-state index is 0.0443. The fourth-order valence-electron chi connectivity index (χ4n) is 0.905. The van der Waals surface area contributed by atoms with Gasteiger partial charge in [0.1, 0.15) is 11.6 Å². The number of carbonyl (C=O) groups is 1. The largest absolute Gasteiger partial charge is 0.375 e. The predicted octanol–water partition coefficient (Wildman–Crippen LogP) is 1.08. The Bertz CT molecular complexity index is 301. The molecule has 0 radical (unpaired) electrons. The van der Waals surface area contributed by atoms with E-state index in [0.29, 0.717) is 5.13 Å². The van der Waals surface area contributed by atoms with Crippen molar-refractivity contribution >= 4 is 22.4 Å². The number of carbonyl (C=O) groups excluding carboxylic acids is 1. The van der Waals surface area contributed by atoms with Crippen LogP contribution in [0.2, 0.25) is 0 Å². The molecule has 5 nitrogen and oxygen atoms in total. The Morgan fingerprint density at radius 3 is 3.00 bits per heavy atom. The highest BCUT2D eigenvalue weighted by Crippen LogP contribution is 2.16. The number of nitrogens with one attached hydrogen (secondary N) is 1. The van der Waals surface area contributed by atoms with E-state index in [1.54, 1.807) is 0 Å². The third kappa shape index (κ3) is 3.39. The lowest BCUT2D eigenvalue weighted by Gasteiger charge is -1.97. The molecule has 1 aromatic rings. The van der Waals surface area contributed by atoms with Gasteiger partial charge in [0.05, 0.1) is 0 Å². The summed E-state index contributed by atoms with van der Waals surface area (Å²) in [6, 6.07) is 0. The van der Waals surface area contributed by atoms with Gasteiger partial charge in [-0.15, -0.1) is 10.2 Å². The number of nitrogens with zero attached hydrogens (tertiary/aromatic N) is 2. The van der Waals surface area contributed by atoms with Crippen LogP contribution >= 0.6 is 11.3 Å². The first-order chi connectivity index (χ1) is 6.76. The maximum absolute atomic E-state index is 11.1. The summed E-state index contributed by atoms with van der Waals surface area (Å²) in [5.41, 5.74) is 0. The molecule has 0 aliphatic rings. The summed E-state index contributed by atoms with van der Waals surface area (Å²) < 4.78 is 4.67. The van der Waals surface area contributed by atoms with Crippen molar-refractivity contribution in [2.75, 3.05) is 19.0 Å². The molecule has 1 amide bonds. The quantitative estimate of drug-likeness (QED) is 0.798. The summed E-state index contributed by atoms with van der Waals surface area (Å²) in [6.07, 6.45) is 1.93. The van der Waals surface area contributed by atoms with Crippen molar-refractivity contribution in [2.45, 2.75) is 19.8 Å². The molecule has 0 spiro atoms. The van der Waals surface area contributed by atoms with Gasteiger partial charge in [-0.25, -0.2) is 0 Å². The fourth-order valence-corrected chi connectivity index (χ4v) is 1.76. The third-order valence-corrected chi connectivity index (χ3v) is 2.35. The molecule has 0 unspecified atom stereocenters. The van der Waals surface area contributed by atoms with Gasteiger partial charge in [0, 0.05) is 13.5 Å². The van der Waals surface area contributed by atoms with Crippen molar-refractivity contribution in [3.63, 3.8) is 0 Å². The van der Waals surface area contributed by atoms with E-state index in [-0.39, 0.29) is 12.5 Å². The number of rotatable bonds is 5. The van der Waals surface area contributed by atoms with E-state index in [1.807, 2.05) is 0 Å². The molecule has 0 aromatic carbocycles. The minimum Gasteiger partial charge on any atom is -0.375 e. The number of ether oxygens (including phenoxy) is 1. The number of methoxy groups -OCH3 is 1. The summed E-state index contributed by atoms with van der Waals surface area (Å²) >= 11 is 1.40. The van der Waals surface area contributed by atoms with Gasteiger partial charge in [-0.05, 0) is 6.42 Å². The molecular formula is C8H13N3O2S. The van der Waals surface area contributed by atoms with Crippen molar-refractivity contribution in [3.05, 3.63) is 5.01 Å². The lowest BCUT2D eigenvalue weighted by molar-refractivity contribution is -0.119. The van der Waals surface area contributed by atoms with Gasteiger partial charge >= 0.3 is 0 Å². The summed E-state index contributed by atoms with van der Waals surface area (Å²) in [7, 11) is 1.47. The molecule has 0 saturated heterocycles. The molecule has 6 heteroatoms. The monoisotopic (exact) mass is 215 g/mol. The van der Waals surface area contributed by atoms with Gasteiger partial charge in [0.2, 0.25) is 5.13 Å². The molecule has 0 saturated carbocycles. The molecule has 0 bridgehead atoms. The highest BCUT2D eigenvalue weighted by atomic mass is 32.1. The van der Waals surface area contributed by atoms with E-state index in [9.17, 15) is 4.79 Å². The van der Waals surface area contributed by atoms with Gasteiger partial charge in [-0.1, -0.05) is 18.3 Å². The maximum atomic E-state index is 11.1. The number of anilines is 1. The summed E-state index contributed by atoms with van der Waals surface area (Å²) in [6.45, 7) is 2.12. The zero-order chi connectivity index (χ0) is 10.4. The smallest absolute Gasteiger partial charge is 0.252 e. The average molecular weight is 215 g/mol. The van der Waals surface area contributed by atoms with Crippen molar-refractivity contribution in [1.29, 1.82) is 0 Å². The highest BCUT2D eigenvalue weighted by molar-refractivity contribution is 7.15. The van der Waals surface area contributed by atoms with Crippen molar-refractivity contribution < 1.29 is 9.53 Å². The Kier molecular flexibility index (Phi) is 4.48. The Hall–Kier alpha value is -1.01. The Balaban J connectivity index is 2.46. The lowest BCUT2D eigenvalue weighted by Crippen LogP contribution is -2.16. The normalized spacial score (nSPS) is 10.1. The van der Waals surface area contributed by atoms with Crippen molar-refractivity contribution in [2.24, 2.45) is 0 Å².